The van der Waals surface area contributed by atoms with Crippen molar-refractivity contribution in [2.75, 3.05) is 0 Å². The van der Waals surface area contributed by atoms with E-state index >= 15 is 0 Å². The molecule has 182 valence electrons. The van der Waals surface area contributed by atoms with Crippen LogP contribution in [0.3, 0.4) is 0 Å². The van der Waals surface area contributed by atoms with Gasteiger partial charge in [0.25, 0.3) is 11.8 Å². The van der Waals surface area contributed by atoms with Gasteiger partial charge in [0.15, 0.2) is 0 Å². The minimum absolute atomic E-state index is 0.190. The molecule has 1 atom stereocenters. The second-order valence-corrected chi connectivity index (χ2v) is 8.26. The van der Waals surface area contributed by atoms with Crippen molar-refractivity contribution in [3.8, 4) is 5.75 Å². The van der Waals surface area contributed by atoms with Gasteiger partial charge in [-0.05, 0) is 70.8 Å². The van der Waals surface area contributed by atoms with Crippen molar-refractivity contribution in [1.82, 2.24) is 25.6 Å². The van der Waals surface area contributed by atoms with Gasteiger partial charge in [-0.3, -0.25) is 24.5 Å². The summed E-state index contributed by atoms with van der Waals surface area (Å²) in [7, 11) is 0. The van der Waals surface area contributed by atoms with Gasteiger partial charge in [-0.1, -0.05) is 30.3 Å². The quantitative estimate of drug-likeness (QED) is 0.384. The lowest BCUT2D eigenvalue weighted by Gasteiger charge is -2.27. The first-order chi connectivity index (χ1) is 18.2. The van der Waals surface area contributed by atoms with Crippen molar-refractivity contribution in [2.45, 2.75) is 12.6 Å². The van der Waals surface area contributed by atoms with Crippen LogP contribution in [-0.2, 0) is 16.2 Å². The molecule has 4 heterocycles. The second-order valence-electron chi connectivity index (χ2n) is 8.26. The Bertz CT molecular complexity index is 1440. The molecule has 0 bridgehead atoms. The fraction of sp³-hybridized carbons (Fsp3) is 0.0690. The van der Waals surface area contributed by atoms with Gasteiger partial charge in [0, 0.05) is 24.8 Å². The fourth-order valence-corrected chi connectivity index (χ4v) is 3.82. The molecule has 2 N–H and O–H groups in total. The maximum atomic E-state index is 13.2. The molecule has 1 aromatic carbocycles. The number of carbonyl (C=O) groups is 2. The maximum absolute atomic E-state index is 13.2. The topological polar surface area (TPSA) is 106 Å². The monoisotopic (exact) mass is 489 g/mol. The van der Waals surface area contributed by atoms with E-state index in [2.05, 4.69) is 25.6 Å². The molecular weight excluding hydrogens is 466 g/mol. The number of piperazine rings is 1. The highest BCUT2D eigenvalue weighted by Gasteiger charge is 2.33. The molecule has 1 aliphatic rings. The third kappa shape index (κ3) is 5.94. The molecule has 0 saturated carbocycles. The Morgan fingerprint density at radius 3 is 2.32 bits per heavy atom. The van der Waals surface area contributed by atoms with Crippen molar-refractivity contribution in [2.24, 2.45) is 0 Å². The van der Waals surface area contributed by atoms with Crippen molar-refractivity contribution in [3.05, 3.63) is 126 Å². The third-order valence-electron chi connectivity index (χ3n) is 5.69. The SMILES string of the molecule is O=C1NC(C(=Cc2ccc(OCc3ccncc3)cn2)c2ccncc2)C(=O)NC1=Cc1ccccc1. The van der Waals surface area contributed by atoms with E-state index in [1.165, 1.54) is 0 Å². The van der Waals surface area contributed by atoms with E-state index < -0.39 is 6.04 Å². The van der Waals surface area contributed by atoms with Crippen molar-refractivity contribution < 1.29 is 14.3 Å². The van der Waals surface area contributed by atoms with Crippen LogP contribution in [-0.4, -0.2) is 32.8 Å². The lowest BCUT2D eigenvalue weighted by molar-refractivity contribution is -0.129. The molecule has 0 aliphatic carbocycles. The van der Waals surface area contributed by atoms with E-state index in [1.54, 1.807) is 61.3 Å². The standard InChI is InChI=1S/C29H23N5O3/c35-28-26(16-20-4-2-1-3-5-20)33-29(36)27(34-28)25(22-10-14-31-15-11-22)17-23-6-7-24(18-32-23)37-19-21-8-12-30-13-9-21/h1-18,27H,19H2,(H,33,36)(H,34,35). The fourth-order valence-electron chi connectivity index (χ4n) is 3.82. The summed E-state index contributed by atoms with van der Waals surface area (Å²) in [6, 6.07) is 19.4. The van der Waals surface area contributed by atoms with Crippen LogP contribution in [0.5, 0.6) is 5.75 Å². The summed E-state index contributed by atoms with van der Waals surface area (Å²) >= 11 is 0. The molecule has 3 aromatic heterocycles. The summed E-state index contributed by atoms with van der Waals surface area (Å²) in [5, 5.41) is 5.59. The van der Waals surface area contributed by atoms with E-state index in [0.29, 0.717) is 23.6 Å². The molecule has 1 unspecified atom stereocenters. The van der Waals surface area contributed by atoms with E-state index in [1.807, 2.05) is 48.5 Å². The van der Waals surface area contributed by atoms with Crippen LogP contribution >= 0.6 is 0 Å². The van der Waals surface area contributed by atoms with E-state index in [0.717, 1.165) is 16.7 Å². The number of rotatable bonds is 7. The molecule has 37 heavy (non-hydrogen) atoms. The van der Waals surface area contributed by atoms with Gasteiger partial charge >= 0.3 is 0 Å². The Kier molecular flexibility index (Phi) is 7.08. The van der Waals surface area contributed by atoms with E-state index in [4.69, 9.17) is 4.74 Å². The van der Waals surface area contributed by atoms with Crippen LogP contribution in [0.4, 0.5) is 0 Å². The summed E-state index contributed by atoms with van der Waals surface area (Å²) in [6.45, 7) is 0.398. The predicted octanol–water partition coefficient (Wildman–Crippen LogP) is 3.65. The van der Waals surface area contributed by atoms with Crippen LogP contribution < -0.4 is 15.4 Å². The van der Waals surface area contributed by atoms with Crippen molar-refractivity contribution in [3.63, 3.8) is 0 Å². The van der Waals surface area contributed by atoms with Gasteiger partial charge < -0.3 is 15.4 Å². The number of nitrogens with one attached hydrogen (secondary N) is 2. The lowest BCUT2D eigenvalue weighted by Crippen LogP contribution is -2.55. The average molecular weight is 490 g/mol. The highest BCUT2D eigenvalue weighted by molar-refractivity contribution is 6.13. The molecule has 8 nitrogen and oxygen atoms in total. The zero-order valence-electron chi connectivity index (χ0n) is 19.7. The first-order valence-electron chi connectivity index (χ1n) is 11.6. The minimum Gasteiger partial charge on any atom is -0.487 e. The van der Waals surface area contributed by atoms with Gasteiger partial charge in [0.1, 0.15) is 24.1 Å². The van der Waals surface area contributed by atoms with E-state index in [-0.39, 0.29) is 17.5 Å². The molecular formula is C29H23N5O3. The number of benzene rings is 1. The summed E-state index contributed by atoms with van der Waals surface area (Å²) in [4.78, 5) is 38.6. The average Bonchev–Trinajstić information content (AvgIpc) is 2.95. The van der Waals surface area contributed by atoms with Gasteiger partial charge in [0.05, 0.1) is 11.9 Å². The number of hydrogen-bond donors (Lipinski definition) is 2. The summed E-state index contributed by atoms with van der Waals surface area (Å²) < 4.78 is 5.80. The number of aromatic nitrogens is 3. The zero-order valence-corrected chi connectivity index (χ0v) is 19.7. The first kappa shape index (κ1) is 23.6. The van der Waals surface area contributed by atoms with Crippen LogP contribution in [0.2, 0.25) is 0 Å². The van der Waals surface area contributed by atoms with Gasteiger partial charge in [0.2, 0.25) is 0 Å². The van der Waals surface area contributed by atoms with Crippen molar-refractivity contribution in [1.29, 1.82) is 0 Å². The summed E-state index contributed by atoms with van der Waals surface area (Å²) in [6.07, 6.45) is 11.7. The molecule has 0 radical (unpaired) electrons. The number of ether oxygens (including phenoxy) is 1. The normalized spacial score (nSPS) is 16.7. The number of nitrogens with zero attached hydrogens (tertiary/aromatic N) is 3. The van der Waals surface area contributed by atoms with Gasteiger partial charge in [-0.15, -0.1) is 0 Å². The molecule has 1 aliphatic heterocycles. The number of pyridine rings is 3. The molecule has 0 spiro atoms. The molecule has 2 amide bonds. The Labute approximate surface area is 213 Å². The highest BCUT2D eigenvalue weighted by atomic mass is 16.5. The number of amides is 2. The molecule has 5 rings (SSSR count). The van der Waals surface area contributed by atoms with Gasteiger partial charge in [-0.2, -0.15) is 0 Å². The molecule has 1 fully saturated rings. The highest BCUT2D eigenvalue weighted by Crippen LogP contribution is 2.24. The Balaban J connectivity index is 1.38. The van der Waals surface area contributed by atoms with Crippen LogP contribution in [0.25, 0.3) is 17.7 Å². The Hall–Kier alpha value is -5.11. The lowest BCUT2D eigenvalue weighted by atomic mass is 9.95. The predicted molar refractivity (Wildman–Crippen MR) is 139 cm³/mol. The van der Waals surface area contributed by atoms with Gasteiger partial charge in [-0.25, -0.2) is 0 Å². The van der Waals surface area contributed by atoms with Crippen LogP contribution in [0.1, 0.15) is 22.4 Å². The minimum atomic E-state index is -0.910. The zero-order chi connectivity index (χ0) is 25.5. The van der Waals surface area contributed by atoms with Crippen LogP contribution in [0.15, 0.2) is 103 Å². The maximum Gasteiger partial charge on any atom is 0.268 e. The Morgan fingerprint density at radius 1 is 0.892 bits per heavy atom. The molecule has 1 saturated heterocycles. The molecule has 8 heteroatoms. The number of carbonyl (C=O) groups excluding carboxylic acids is 2. The molecule has 4 aromatic rings. The third-order valence-corrected chi connectivity index (χ3v) is 5.69. The number of hydrogen-bond acceptors (Lipinski definition) is 6. The Morgan fingerprint density at radius 2 is 1.62 bits per heavy atom. The smallest absolute Gasteiger partial charge is 0.268 e. The first-order valence-corrected chi connectivity index (χ1v) is 11.6. The summed E-state index contributed by atoms with van der Waals surface area (Å²) in [5.41, 5.74) is 3.94. The van der Waals surface area contributed by atoms with E-state index in [9.17, 15) is 9.59 Å². The summed E-state index contributed by atoms with van der Waals surface area (Å²) in [5.74, 6) is -0.109. The second kappa shape index (κ2) is 11.1. The van der Waals surface area contributed by atoms with Crippen LogP contribution in [0, 0.1) is 0 Å². The van der Waals surface area contributed by atoms with Crippen molar-refractivity contribution >= 4 is 29.5 Å². The largest absolute Gasteiger partial charge is 0.487 e.